The van der Waals surface area contributed by atoms with E-state index < -0.39 is 5.97 Å². The maximum atomic E-state index is 11.9. The first kappa shape index (κ1) is 15.4. The summed E-state index contributed by atoms with van der Waals surface area (Å²) in [6.07, 6.45) is 3.03. The lowest BCUT2D eigenvalue weighted by Crippen LogP contribution is -2.28. The van der Waals surface area contributed by atoms with E-state index in [4.69, 9.17) is 4.74 Å². The first-order valence-corrected chi connectivity index (χ1v) is 7.00. The number of hydrogen-bond acceptors (Lipinski definition) is 7. The van der Waals surface area contributed by atoms with E-state index in [1.807, 2.05) is 0 Å². The second-order valence-corrected chi connectivity index (χ2v) is 4.76. The number of hydrogen-bond donors (Lipinski definition) is 1. The van der Waals surface area contributed by atoms with Crippen molar-refractivity contribution in [3.05, 3.63) is 59.1 Å². The van der Waals surface area contributed by atoms with Crippen LogP contribution in [0, 0.1) is 5.21 Å². The molecule has 2 heterocycles. The zero-order chi connectivity index (χ0) is 16.9. The lowest BCUT2D eigenvalue weighted by atomic mass is 10.2. The maximum Gasteiger partial charge on any atom is 0.338 e. The van der Waals surface area contributed by atoms with Crippen LogP contribution in [0.4, 0.5) is 0 Å². The van der Waals surface area contributed by atoms with Crippen LogP contribution in [0.3, 0.4) is 0 Å². The van der Waals surface area contributed by atoms with Gasteiger partial charge in [0.2, 0.25) is 11.0 Å². The predicted octanol–water partition coefficient (Wildman–Crippen LogP) is 0.443. The van der Waals surface area contributed by atoms with Crippen LogP contribution in [-0.4, -0.2) is 35.2 Å². The number of pyridine rings is 1. The summed E-state index contributed by atoms with van der Waals surface area (Å²) in [6, 6.07) is 7.41. The van der Waals surface area contributed by atoms with E-state index in [1.165, 1.54) is 30.6 Å². The molecule has 0 spiro atoms. The molecule has 1 N–H and O–H groups in total. The third kappa shape index (κ3) is 3.29. The molecule has 0 unspecified atom stereocenters. The molecule has 0 atom stereocenters. The fraction of sp³-hybridized carbons (Fsp3) is 0.133. The Morgan fingerprint density at radius 1 is 1.21 bits per heavy atom. The molecule has 9 heteroatoms. The Morgan fingerprint density at radius 3 is 2.79 bits per heavy atom. The van der Waals surface area contributed by atoms with Gasteiger partial charge in [0.05, 0.1) is 12.1 Å². The Labute approximate surface area is 135 Å². The van der Waals surface area contributed by atoms with Crippen LogP contribution >= 0.6 is 0 Å². The molecule has 3 rings (SSSR count). The third-order valence-electron chi connectivity index (χ3n) is 3.18. The molecule has 0 aliphatic rings. The summed E-state index contributed by atoms with van der Waals surface area (Å²) < 4.78 is 9.48. The highest BCUT2D eigenvalue weighted by Gasteiger charge is 2.14. The summed E-state index contributed by atoms with van der Waals surface area (Å²) in [6.45, 7) is 0.174. The molecule has 122 valence electrons. The molecule has 9 nitrogen and oxygen atoms in total. The second-order valence-electron chi connectivity index (χ2n) is 4.76. The van der Waals surface area contributed by atoms with Crippen molar-refractivity contribution in [1.29, 1.82) is 0 Å². The fourth-order valence-electron chi connectivity index (χ4n) is 2.00. The lowest BCUT2D eigenvalue weighted by Gasteiger charge is -2.06. The van der Waals surface area contributed by atoms with Crippen LogP contribution in [0.1, 0.15) is 20.7 Å². The molecule has 0 saturated carbocycles. The number of esters is 1. The minimum absolute atomic E-state index is 0.00800. The van der Waals surface area contributed by atoms with Crippen molar-refractivity contribution in [2.45, 2.75) is 0 Å². The molecule has 0 radical (unpaired) electrons. The molecule has 1 aromatic carbocycles. The van der Waals surface area contributed by atoms with Gasteiger partial charge >= 0.3 is 5.97 Å². The first-order chi connectivity index (χ1) is 11.6. The number of rotatable bonds is 5. The minimum Gasteiger partial charge on any atom is -0.460 e. The molecule has 0 fully saturated rings. The van der Waals surface area contributed by atoms with Crippen LogP contribution < -0.4 is 10.2 Å². The topological polar surface area (TPSA) is 121 Å². The summed E-state index contributed by atoms with van der Waals surface area (Å²) in [7, 11) is 0. The molecule has 2 aromatic heterocycles. The number of fused-ring (bicyclic) bond motifs is 1. The smallest absolute Gasteiger partial charge is 0.338 e. The molecular formula is C15H12N4O5. The van der Waals surface area contributed by atoms with Crippen molar-refractivity contribution in [1.82, 2.24) is 15.5 Å². The Morgan fingerprint density at radius 2 is 2.00 bits per heavy atom. The number of carbonyl (C=O) groups is 2. The third-order valence-corrected chi connectivity index (χ3v) is 3.18. The number of amides is 1. The van der Waals surface area contributed by atoms with Crippen LogP contribution in [0.25, 0.3) is 11.0 Å². The largest absolute Gasteiger partial charge is 0.460 e. The van der Waals surface area contributed by atoms with Gasteiger partial charge in [0.15, 0.2) is 0 Å². The number of nitrogens with one attached hydrogen (secondary N) is 1. The van der Waals surface area contributed by atoms with Gasteiger partial charge in [-0.1, -0.05) is 0 Å². The molecular weight excluding hydrogens is 316 g/mol. The van der Waals surface area contributed by atoms with Crippen molar-refractivity contribution in [2.75, 3.05) is 13.2 Å². The maximum absolute atomic E-state index is 11.9. The van der Waals surface area contributed by atoms with E-state index in [2.05, 4.69) is 20.1 Å². The van der Waals surface area contributed by atoms with Gasteiger partial charge in [0, 0.05) is 29.2 Å². The summed E-state index contributed by atoms with van der Waals surface area (Å²) in [5.41, 5.74) is 1.18. The summed E-state index contributed by atoms with van der Waals surface area (Å²) >= 11 is 0. The zero-order valence-electron chi connectivity index (χ0n) is 12.3. The first-order valence-electron chi connectivity index (χ1n) is 7.00. The van der Waals surface area contributed by atoms with Gasteiger partial charge in [-0.15, -0.1) is 0 Å². The van der Waals surface area contributed by atoms with E-state index in [9.17, 15) is 14.8 Å². The van der Waals surface area contributed by atoms with Crippen LogP contribution in [0.5, 0.6) is 0 Å². The molecule has 0 aliphatic carbocycles. The van der Waals surface area contributed by atoms with Crippen LogP contribution in [0.2, 0.25) is 0 Å². The number of ether oxygens (including phenoxy) is 1. The van der Waals surface area contributed by atoms with Crippen molar-refractivity contribution in [3.8, 4) is 0 Å². The fourth-order valence-corrected chi connectivity index (χ4v) is 2.00. The Balaban J connectivity index is 1.51. The predicted molar refractivity (Wildman–Crippen MR) is 79.8 cm³/mol. The average Bonchev–Trinajstić information content (AvgIpc) is 2.99. The van der Waals surface area contributed by atoms with E-state index in [0.717, 1.165) is 0 Å². The van der Waals surface area contributed by atoms with Crippen LogP contribution in [-0.2, 0) is 4.74 Å². The highest BCUT2D eigenvalue weighted by molar-refractivity contribution is 5.94. The van der Waals surface area contributed by atoms with Gasteiger partial charge in [-0.3, -0.25) is 14.4 Å². The molecule has 24 heavy (non-hydrogen) atoms. The highest BCUT2D eigenvalue weighted by Crippen LogP contribution is 2.11. The highest BCUT2D eigenvalue weighted by atomic mass is 16.8. The Hall–Kier alpha value is -3.49. The molecule has 1 amide bonds. The van der Waals surface area contributed by atoms with Crippen molar-refractivity contribution < 1.29 is 23.9 Å². The lowest BCUT2D eigenvalue weighted by molar-refractivity contribution is -0.782. The number of aromatic nitrogens is 3. The standard InChI is InChI=1S/C15H12N4O5/c20-14(10-3-5-16-6-4-10)17-7-8-23-15(21)11-1-2-13-12(9-11)18-24-19(13)22/h1-6,9H,7-8H2,(H,17,20). The summed E-state index contributed by atoms with van der Waals surface area (Å²) in [5.74, 6) is -0.868. The van der Waals surface area contributed by atoms with E-state index in [0.29, 0.717) is 5.56 Å². The number of nitrogens with zero attached hydrogens (tertiary/aromatic N) is 3. The van der Waals surface area contributed by atoms with Gasteiger partial charge in [0.25, 0.3) is 5.91 Å². The van der Waals surface area contributed by atoms with Crippen molar-refractivity contribution in [3.63, 3.8) is 0 Å². The quantitative estimate of drug-likeness (QED) is 0.410. The average molecular weight is 328 g/mol. The van der Waals surface area contributed by atoms with E-state index in [1.54, 1.807) is 12.1 Å². The Kier molecular flexibility index (Phi) is 4.32. The van der Waals surface area contributed by atoms with Crippen molar-refractivity contribution >= 4 is 22.9 Å². The zero-order valence-corrected chi connectivity index (χ0v) is 12.3. The van der Waals surface area contributed by atoms with Gasteiger partial charge < -0.3 is 15.3 Å². The summed E-state index contributed by atoms with van der Waals surface area (Å²) in [5, 5.41) is 17.3. The molecule has 0 saturated heterocycles. The van der Waals surface area contributed by atoms with Crippen LogP contribution in [0.15, 0.2) is 47.4 Å². The SMILES string of the molecule is O=C(NCCOC(=O)c1ccc2c(c1)no[n+]2[O-])c1ccncc1. The second kappa shape index (κ2) is 6.73. The molecule has 0 aliphatic heterocycles. The normalized spacial score (nSPS) is 10.5. The Bertz CT molecular complexity index is 878. The summed E-state index contributed by atoms with van der Waals surface area (Å²) in [4.78, 5) is 27.8. The van der Waals surface area contributed by atoms with Gasteiger partial charge in [-0.2, -0.15) is 0 Å². The van der Waals surface area contributed by atoms with E-state index in [-0.39, 0.29) is 40.6 Å². The van der Waals surface area contributed by atoms with Gasteiger partial charge in [0.1, 0.15) is 6.61 Å². The number of benzene rings is 1. The van der Waals surface area contributed by atoms with E-state index >= 15 is 0 Å². The minimum atomic E-state index is -0.587. The molecule has 3 aromatic rings. The molecule has 0 bridgehead atoms. The van der Waals surface area contributed by atoms with Gasteiger partial charge in [-0.25, -0.2) is 4.79 Å². The van der Waals surface area contributed by atoms with Crippen molar-refractivity contribution in [2.24, 2.45) is 0 Å². The number of carbonyl (C=O) groups excluding carboxylic acids is 2. The monoisotopic (exact) mass is 328 g/mol. The van der Waals surface area contributed by atoms with Gasteiger partial charge in [-0.05, 0) is 29.2 Å².